The van der Waals surface area contributed by atoms with Crippen molar-refractivity contribution >= 4 is 6.29 Å². The Morgan fingerprint density at radius 3 is 2.62 bits per heavy atom. The molecule has 2 aromatic rings. The van der Waals surface area contributed by atoms with Crippen molar-refractivity contribution in [3.63, 3.8) is 0 Å². The lowest BCUT2D eigenvalue weighted by molar-refractivity contribution is 0.112. The topological polar surface area (TPSA) is 47.8 Å². The summed E-state index contributed by atoms with van der Waals surface area (Å²) in [6.07, 6.45) is 0.603. The van der Waals surface area contributed by atoms with Crippen LogP contribution < -0.4 is 0 Å². The number of aromatic nitrogens is 3. The summed E-state index contributed by atoms with van der Waals surface area (Å²) in [4.78, 5) is 14.7. The second-order valence-electron chi connectivity index (χ2n) is 3.48. The van der Waals surface area contributed by atoms with Gasteiger partial charge < -0.3 is 0 Å². The Hall–Kier alpha value is -2.04. The number of carbonyl (C=O) groups is 1. The first-order valence-corrected chi connectivity index (χ1v) is 4.76. The summed E-state index contributed by atoms with van der Waals surface area (Å²) < 4.78 is 14.7. The minimum atomic E-state index is -0.466. The molecule has 82 valence electrons. The molecule has 16 heavy (non-hydrogen) atoms. The number of aldehydes is 1. The van der Waals surface area contributed by atoms with Crippen LogP contribution in [0.4, 0.5) is 4.39 Å². The average Bonchev–Trinajstić information content (AvgIpc) is 2.57. The minimum absolute atomic E-state index is 0.280. The molecule has 1 aromatic heterocycles. The molecule has 4 nitrogen and oxygen atoms in total. The average molecular weight is 219 g/mol. The summed E-state index contributed by atoms with van der Waals surface area (Å²) in [5, 5.41) is 4.12. The number of hydrogen-bond donors (Lipinski definition) is 0. The van der Waals surface area contributed by atoms with Gasteiger partial charge in [0.1, 0.15) is 23.8 Å². The van der Waals surface area contributed by atoms with E-state index in [9.17, 15) is 9.18 Å². The first-order valence-electron chi connectivity index (χ1n) is 4.76. The fourth-order valence-electron chi connectivity index (χ4n) is 1.55. The van der Waals surface area contributed by atoms with Crippen LogP contribution in [-0.2, 0) is 0 Å². The van der Waals surface area contributed by atoms with Crippen molar-refractivity contribution in [2.45, 2.75) is 13.8 Å². The molecule has 1 heterocycles. The van der Waals surface area contributed by atoms with Crippen LogP contribution in [-0.4, -0.2) is 21.1 Å². The molecule has 0 radical (unpaired) electrons. The van der Waals surface area contributed by atoms with Gasteiger partial charge in [-0.15, -0.1) is 0 Å². The summed E-state index contributed by atoms with van der Waals surface area (Å²) in [5.41, 5.74) is 0.780. The number of halogens is 1. The Bertz CT molecular complexity index is 548. The van der Waals surface area contributed by atoms with Crippen LogP contribution in [0, 0.1) is 19.7 Å². The molecule has 0 aliphatic rings. The van der Waals surface area contributed by atoms with Crippen molar-refractivity contribution < 1.29 is 9.18 Å². The highest BCUT2D eigenvalue weighted by molar-refractivity contribution is 5.75. The predicted molar refractivity (Wildman–Crippen MR) is 56.2 cm³/mol. The zero-order valence-electron chi connectivity index (χ0n) is 8.94. The summed E-state index contributed by atoms with van der Waals surface area (Å²) in [6.45, 7) is 3.52. The zero-order valence-corrected chi connectivity index (χ0v) is 8.94. The molecule has 0 saturated heterocycles. The number of rotatable bonds is 2. The number of carbonyl (C=O) groups excluding carboxylic acids is 1. The van der Waals surface area contributed by atoms with Crippen molar-refractivity contribution in [3.8, 4) is 5.69 Å². The highest BCUT2D eigenvalue weighted by Gasteiger charge is 2.07. The third-order valence-corrected chi connectivity index (χ3v) is 2.16. The summed E-state index contributed by atoms with van der Waals surface area (Å²) in [7, 11) is 0. The number of benzene rings is 1. The fourth-order valence-corrected chi connectivity index (χ4v) is 1.55. The third-order valence-electron chi connectivity index (χ3n) is 2.16. The van der Waals surface area contributed by atoms with Gasteiger partial charge in [0, 0.05) is 5.56 Å². The largest absolute Gasteiger partial charge is 0.298 e. The molecule has 0 aliphatic heterocycles. The van der Waals surface area contributed by atoms with Crippen LogP contribution in [0.3, 0.4) is 0 Å². The second-order valence-corrected chi connectivity index (χ2v) is 3.48. The lowest BCUT2D eigenvalue weighted by Gasteiger charge is -2.03. The fraction of sp³-hybridized carbons (Fsp3) is 0.182. The van der Waals surface area contributed by atoms with Gasteiger partial charge >= 0.3 is 0 Å². The van der Waals surface area contributed by atoms with Crippen molar-refractivity contribution in [2.24, 2.45) is 0 Å². The highest BCUT2D eigenvalue weighted by atomic mass is 19.1. The van der Waals surface area contributed by atoms with E-state index in [0.717, 1.165) is 0 Å². The number of aryl methyl sites for hydroxylation is 2. The molecule has 0 atom stereocenters. The maximum absolute atomic E-state index is 13.2. The Labute approximate surface area is 91.7 Å². The maximum atomic E-state index is 13.2. The Morgan fingerprint density at radius 2 is 2.06 bits per heavy atom. The normalized spacial score (nSPS) is 10.4. The SMILES string of the molecule is Cc1nc(C)n(-c2cc(F)cc(C=O)c2)n1. The molecule has 0 spiro atoms. The smallest absolute Gasteiger partial charge is 0.150 e. The van der Waals surface area contributed by atoms with Crippen molar-refractivity contribution in [3.05, 3.63) is 41.2 Å². The van der Waals surface area contributed by atoms with Crippen molar-refractivity contribution in [2.75, 3.05) is 0 Å². The quantitative estimate of drug-likeness (QED) is 0.724. The monoisotopic (exact) mass is 219 g/mol. The van der Waals surface area contributed by atoms with Crippen LogP contribution in [0.2, 0.25) is 0 Å². The second kappa shape index (κ2) is 3.84. The molecule has 5 heteroatoms. The molecule has 0 aliphatic carbocycles. The van der Waals surface area contributed by atoms with E-state index in [1.165, 1.54) is 16.8 Å². The van der Waals surface area contributed by atoms with Gasteiger partial charge in [0.15, 0.2) is 0 Å². The molecule has 0 unspecified atom stereocenters. The van der Waals surface area contributed by atoms with E-state index in [4.69, 9.17) is 0 Å². The molecule has 1 aromatic carbocycles. The summed E-state index contributed by atoms with van der Waals surface area (Å²) in [6, 6.07) is 4.06. The first-order chi connectivity index (χ1) is 7.60. The third kappa shape index (κ3) is 1.84. The van der Waals surface area contributed by atoms with Gasteiger partial charge in [-0.05, 0) is 32.0 Å². The molecule has 0 saturated carbocycles. The van der Waals surface area contributed by atoms with Crippen molar-refractivity contribution in [1.82, 2.24) is 14.8 Å². The van der Waals surface area contributed by atoms with Gasteiger partial charge in [-0.1, -0.05) is 0 Å². The molecule has 0 amide bonds. The lowest BCUT2D eigenvalue weighted by atomic mass is 10.2. The number of nitrogens with zero attached hydrogens (tertiary/aromatic N) is 3. The van der Waals surface area contributed by atoms with Crippen LogP contribution in [0.5, 0.6) is 0 Å². The molecule has 2 rings (SSSR count). The van der Waals surface area contributed by atoms with E-state index >= 15 is 0 Å². The minimum Gasteiger partial charge on any atom is -0.298 e. The van der Waals surface area contributed by atoms with E-state index in [1.807, 2.05) is 0 Å². The Balaban J connectivity index is 2.59. The van der Waals surface area contributed by atoms with Gasteiger partial charge in [-0.2, -0.15) is 5.10 Å². The van der Waals surface area contributed by atoms with E-state index in [1.54, 1.807) is 19.9 Å². The maximum Gasteiger partial charge on any atom is 0.150 e. The standard InChI is InChI=1S/C11H10FN3O/c1-7-13-8(2)15(14-7)11-4-9(6-16)3-10(12)5-11/h3-6H,1-2H3. The molecular formula is C11H10FN3O. The van der Waals surface area contributed by atoms with Crippen LogP contribution in [0.15, 0.2) is 18.2 Å². The van der Waals surface area contributed by atoms with Gasteiger partial charge in [-0.25, -0.2) is 14.1 Å². The van der Waals surface area contributed by atoms with Gasteiger partial charge in [-0.3, -0.25) is 4.79 Å². The Kier molecular flexibility index (Phi) is 2.52. The molecule has 0 N–H and O–H groups in total. The van der Waals surface area contributed by atoms with Gasteiger partial charge in [0.2, 0.25) is 0 Å². The highest BCUT2D eigenvalue weighted by Crippen LogP contribution is 2.13. The van der Waals surface area contributed by atoms with Crippen LogP contribution >= 0.6 is 0 Å². The van der Waals surface area contributed by atoms with Crippen LogP contribution in [0.1, 0.15) is 22.0 Å². The van der Waals surface area contributed by atoms with Crippen LogP contribution in [0.25, 0.3) is 5.69 Å². The molecule has 0 fully saturated rings. The summed E-state index contributed by atoms with van der Waals surface area (Å²) in [5.74, 6) is 0.793. The Morgan fingerprint density at radius 1 is 1.31 bits per heavy atom. The van der Waals surface area contributed by atoms with E-state index in [0.29, 0.717) is 23.6 Å². The van der Waals surface area contributed by atoms with Gasteiger partial charge in [0.05, 0.1) is 5.69 Å². The number of hydrogen-bond acceptors (Lipinski definition) is 3. The van der Waals surface area contributed by atoms with Crippen molar-refractivity contribution in [1.29, 1.82) is 0 Å². The molecular weight excluding hydrogens is 209 g/mol. The van der Waals surface area contributed by atoms with E-state index in [-0.39, 0.29) is 5.56 Å². The van der Waals surface area contributed by atoms with E-state index in [2.05, 4.69) is 10.1 Å². The first kappa shape index (κ1) is 10.5. The molecule has 0 bridgehead atoms. The predicted octanol–water partition coefficient (Wildman–Crippen LogP) is 1.84. The zero-order chi connectivity index (χ0) is 11.7. The van der Waals surface area contributed by atoms with E-state index < -0.39 is 5.82 Å². The lowest BCUT2D eigenvalue weighted by Crippen LogP contribution is -2.01. The summed E-state index contributed by atoms with van der Waals surface area (Å²) >= 11 is 0. The van der Waals surface area contributed by atoms with Gasteiger partial charge in [0.25, 0.3) is 0 Å².